The molecule has 5 atom stereocenters. The fraction of sp³-hybridized carbons (Fsp3) is 0.500. The summed E-state index contributed by atoms with van der Waals surface area (Å²) < 4.78 is 5.08. The van der Waals surface area contributed by atoms with Crippen LogP contribution in [0.15, 0.2) is 86.0 Å². The minimum absolute atomic E-state index is 0.0286. The third kappa shape index (κ3) is 7.23. The lowest BCUT2D eigenvalue weighted by Gasteiger charge is -2.45. The van der Waals surface area contributed by atoms with Gasteiger partial charge in [-0.1, -0.05) is 86.7 Å². The molecule has 0 saturated heterocycles. The van der Waals surface area contributed by atoms with E-state index in [1.807, 2.05) is 73.8 Å². The predicted molar refractivity (Wildman–Crippen MR) is 186 cm³/mol. The van der Waals surface area contributed by atoms with Gasteiger partial charge in [-0.25, -0.2) is 4.79 Å². The van der Waals surface area contributed by atoms with Crippen molar-refractivity contribution in [1.29, 1.82) is 0 Å². The highest BCUT2D eigenvalue weighted by atomic mass is 28.4. The van der Waals surface area contributed by atoms with Crippen LogP contribution in [0.4, 0.5) is 0 Å². The molecule has 0 heterocycles. The monoisotopic (exact) mass is 644 g/mol. The minimum Gasteiger partial charge on any atom is -0.467 e. The minimum atomic E-state index is -3.26. The summed E-state index contributed by atoms with van der Waals surface area (Å²) in [7, 11) is -0.117. The van der Waals surface area contributed by atoms with Gasteiger partial charge in [-0.2, -0.15) is 0 Å². The first-order valence-corrected chi connectivity index (χ1v) is 18.6. The fourth-order valence-corrected chi connectivity index (χ4v) is 11.6. The number of carbonyl (C=O) groups excluding carboxylic acids is 3. The molecule has 2 aromatic carbocycles. The molecule has 7 nitrogen and oxygen atoms in total. The highest BCUT2D eigenvalue weighted by molar-refractivity contribution is 6.98. The van der Waals surface area contributed by atoms with Gasteiger partial charge in [0.2, 0.25) is 11.8 Å². The number of ether oxygens (including phenoxy) is 1. The maximum absolute atomic E-state index is 14.1. The average Bonchev–Trinajstić information content (AvgIpc) is 3.79. The van der Waals surface area contributed by atoms with Crippen LogP contribution in [0.25, 0.3) is 0 Å². The van der Waals surface area contributed by atoms with Crippen LogP contribution >= 0.6 is 0 Å². The lowest BCUT2D eigenvalue weighted by Crippen LogP contribution is -2.65. The summed E-state index contributed by atoms with van der Waals surface area (Å²) in [6, 6.07) is 19.9. The lowest BCUT2D eigenvalue weighted by atomic mass is 9.70. The topological polar surface area (TPSA) is 95.9 Å². The number of methoxy groups -OCH3 is 1. The maximum Gasteiger partial charge on any atom is 0.332 e. The zero-order valence-corrected chi connectivity index (χ0v) is 29.0. The smallest absolute Gasteiger partial charge is 0.332 e. The van der Waals surface area contributed by atoms with Crippen LogP contribution in [-0.4, -0.2) is 62.0 Å². The van der Waals surface area contributed by atoms with Gasteiger partial charge in [0, 0.05) is 31.3 Å². The Balaban J connectivity index is 1.61. The SMILES string of the molecule is C=CCCCCN(C)C(=O)[C@@H]1CC[C@@H](CC(C)(C)[Si](O)(c2ccccc2)c2ccccc2)C[C@H]1C(=O)N[C@]1(C(=O)OC)C[C@H]1C=C. The molecule has 0 spiro atoms. The Morgan fingerprint density at radius 3 is 2.15 bits per heavy atom. The van der Waals surface area contributed by atoms with E-state index in [4.69, 9.17) is 4.74 Å². The second-order valence-corrected chi connectivity index (χ2v) is 17.9. The molecule has 2 aliphatic rings. The van der Waals surface area contributed by atoms with Crippen molar-refractivity contribution >= 4 is 36.5 Å². The van der Waals surface area contributed by atoms with Crippen LogP contribution in [0.5, 0.6) is 0 Å². The Kier molecular flexibility index (Phi) is 11.5. The number of rotatable bonds is 15. The van der Waals surface area contributed by atoms with Crippen molar-refractivity contribution in [2.24, 2.45) is 23.7 Å². The molecule has 0 bridgehead atoms. The first-order valence-electron chi connectivity index (χ1n) is 16.7. The normalized spacial score (nSPS) is 24.4. The van der Waals surface area contributed by atoms with E-state index in [9.17, 15) is 19.2 Å². The van der Waals surface area contributed by atoms with E-state index >= 15 is 0 Å². The lowest BCUT2D eigenvalue weighted by molar-refractivity contribution is -0.149. The van der Waals surface area contributed by atoms with E-state index in [0.29, 0.717) is 32.2 Å². The quantitative estimate of drug-likeness (QED) is 0.123. The number of unbranched alkanes of at least 4 members (excludes halogenated alkanes) is 2. The molecule has 0 radical (unpaired) electrons. The number of benzene rings is 2. The summed E-state index contributed by atoms with van der Waals surface area (Å²) in [6.07, 6.45) is 9.26. The Morgan fingerprint density at radius 2 is 1.63 bits per heavy atom. The summed E-state index contributed by atoms with van der Waals surface area (Å²) in [5.41, 5.74) is -1.13. The third-order valence-corrected chi connectivity index (χ3v) is 15.0. The van der Waals surface area contributed by atoms with Crippen molar-refractivity contribution in [3.05, 3.63) is 86.0 Å². The predicted octanol–water partition coefficient (Wildman–Crippen LogP) is 4.99. The van der Waals surface area contributed by atoms with E-state index in [1.165, 1.54) is 7.11 Å². The molecule has 46 heavy (non-hydrogen) atoms. The molecule has 2 saturated carbocycles. The summed E-state index contributed by atoms with van der Waals surface area (Å²) >= 11 is 0. The average molecular weight is 645 g/mol. The molecule has 4 rings (SSSR count). The van der Waals surface area contributed by atoms with Gasteiger partial charge in [0.15, 0.2) is 0 Å². The van der Waals surface area contributed by atoms with Gasteiger partial charge in [0.25, 0.3) is 8.32 Å². The fourth-order valence-electron chi connectivity index (χ4n) is 7.73. The van der Waals surface area contributed by atoms with Crippen LogP contribution in [0.1, 0.15) is 65.2 Å². The highest BCUT2D eigenvalue weighted by Crippen LogP contribution is 2.49. The molecule has 0 aliphatic heterocycles. The van der Waals surface area contributed by atoms with Crippen molar-refractivity contribution in [1.82, 2.24) is 10.2 Å². The molecule has 0 unspecified atom stereocenters. The van der Waals surface area contributed by atoms with Crippen molar-refractivity contribution < 1.29 is 23.9 Å². The molecule has 8 heteroatoms. The Morgan fingerprint density at radius 1 is 1.02 bits per heavy atom. The molecular weight excluding hydrogens is 593 g/mol. The van der Waals surface area contributed by atoms with Gasteiger partial charge in [-0.15, -0.1) is 13.2 Å². The number of allylic oxidation sites excluding steroid dienone is 1. The van der Waals surface area contributed by atoms with Crippen LogP contribution in [-0.2, 0) is 19.1 Å². The standard InChI is InChI=1S/C38H52N2O5Si/c1-7-9-10-17-24-40(5)35(42)32-23-22-28(25-33(32)34(41)39-38(36(43)45-6)27-29(38)8-2)26-37(3,4)46(44,30-18-13-11-14-19-30)31-20-15-12-16-21-31/h7-8,11-16,18-21,28-29,32-33,44H,1-2,9-10,17,22-27H2,3-6H3,(H,39,41)/t28-,29-,32-,33-,38-/m1/s1. The largest absolute Gasteiger partial charge is 0.467 e. The number of nitrogens with zero attached hydrogens (tertiary/aromatic N) is 1. The number of amides is 2. The Bertz CT molecular complexity index is 1340. The van der Waals surface area contributed by atoms with Crippen LogP contribution in [0, 0.1) is 23.7 Å². The van der Waals surface area contributed by atoms with E-state index in [-0.39, 0.29) is 23.7 Å². The summed E-state index contributed by atoms with van der Waals surface area (Å²) in [5.74, 6) is -1.99. The molecule has 2 aromatic rings. The molecule has 2 fully saturated rings. The van der Waals surface area contributed by atoms with Gasteiger partial charge in [-0.05, 0) is 72.7 Å². The van der Waals surface area contributed by atoms with Crippen molar-refractivity contribution in [3.63, 3.8) is 0 Å². The Hall–Kier alpha value is -3.49. The van der Waals surface area contributed by atoms with Crippen LogP contribution < -0.4 is 15.7 Å². The van der Waals surface area contributed by atoms with Gasteiger partial charge in [0.05, 0.1) is 7.11 Å². The maximum atomic E-state index is 14.1. The molecule has 0 aromatic heterocycles. The summed E-state index contributed by atoms with van der Waals surface area (Å²) in [6.45, 7) is 12.5. The van der Waals surface area contributed by atoms with E-state index in [0.717, 1.165) is 36.1 Å². The van der Waals surface area contributed by atoms with Crippen molar-refractivity contribution in [2.75, 3.05) is 20.7 Å². The second kappa shape index (κ2) is 14.9. The Labute approximate surface area is 276 Å². The van der Waals surface area contributed by atoms with Gasteiger partial charge < -0.3 is 19.7 Å². The summed E-state index contributed by atoms with van der Waals surface area (Å²) in [4.78, 5) is 55.4. The van der Waals surface area contributed by atoms with Crippen molar-refractivity contribution in [3.8, 4) is 0 Å². The van der Waals surface area contributed by atoms with Crippen LogP contribution in [0.2, 0.25) is 5.04 Å². The number of hydrogen-bond donors (Lipinski definition) is 2. The number of carbonyl (C=O) groups is 3. The molecular formula is C38H52N2O5Si. The zero-order valence-electron chi connectivity index (χ0n) is 28.0. The number of hydrogen-bond acceptors (Lipinski definition) is 5. The van der Waals surface area contributed by atoms with Gasteiger partial charge in [-0.3, -0.25) is 9.59 Å². The van der Waals surface area contributed by atoms with Crippen LogP contribution in [0.3, 0.4) is 0 Å². The third-order valence-electron chi connectivity index (χ3n) is 10.5. The molecule has 2 amide bonds. The first-order chi connectivity index (χ1) is 21.9. The highest BCUT2D eigenvalue weighted by Gasteiger charge is 2.62. The molecule has 2 N–H and O–H groups in total. The number of esters is 1. The summed E-state index contributed by atoms with van der Waals surface area (Å²) in [5, 5.41) is 4.44. The first kappa shape index (κ1) is 35.4. The molecule has 248 valence electrons. The van der Waals surface area contributed by atoms with Gasteiger partial charge in [0.1, 0.15) is 5.54 Å². The second-order valence-electron chi connectivity index (χ2n) is 14.0. The van der Waals surface area contributed by atoms with E-state index in [2.05, 4.69) is 32.3 Å². The van der Waals surface area contributed by atoms with E-state index in [1.54, 1.807) is 11.0 Å². The molecule has 2 aliphatic carbocycles. The number of nitrogens with one attached hydrogen (secondary N) is 1. The zero-order chi connectivity index (χ0) is 33.5. The van der Waals surface area contributed by atoms with E-state index < -0.39 is 36.7 Å². The van der Waals surface area contributed by atoms with Gasteiger partial charge >= 0.3 is 5.97 Å². The van der Waals surface area contributed by atoms with Crippen molar-refractivity contribution in [2.45, 2.75) is 75.8 Å².